The second kappa shape index (κ2) is 7.61. The minimum atomic E-state index is 0.239. The van der Waals surface area contributed by atoms with E-state index in [0.29, 0.717) is 22.9 Å². The Labute approximate surface area is 163 Å². The molecule has 26 heavy (non-hydrogen) atoms. The maximum atomic E-state index is 10.1. The Morgan fingerprint density at radius 2 is 1.04 bits per heavy atom. The highest BCUT2D eigenvalue weighted by atomic mass is 35.5. The summed E-state index contributed by atoms with van der Waals surface area (Å²) in [5.74, 6) is 0.479. The zero-order valence-electron chi connectivity index (χ0n) is 14.7. The van der Waals surface area contributed by atoms with Crippen molar-refractivity contribution >= 4 is 23.2 Å². The molecule has 134 valence electrons. The van der Waals surface area contributed by atoms with Gasteiger partial charge in [0.15, 0.2) is 0 Å². The second-order valence-electron chi connectivity index (χ2n) is 6.60. The molecule has 0 atom stereocenters. The molecule has 0 fully saturated rings. The monoisotopic (exact) mass is 386 g/mol. The van der Waals surface area contributed by atoms with E-state index in [4.69, 9.17) is 23.2 Å². The summed E-state index contributed by atoms with van der Waals surface area (Å²) in [6.45, 7) is 4.12. The van der Waals surface area contributed by atoms with Crippen LogP contribution in [0, 0.1) is 13.8 Å². The predicted molar refractivity (Wildman–Crippen MR) is 108 cm³/mol. The summed E-state index contributed by atoms with van der Waals surface area (Å²) in [5.41, 5.74) is 6.12. The van der Waals surface area contributed by atoms with Crippen molar-refractivity contribution in [2.45, 2.75) is 26.7 Å². The smallest absolute Gasteiger partial charge is 0.119 e. The molecule has 0 aliphatic rings. The van der Waals surface area contributed by atoms with Gasteiger partial charge in [0.2, 0.25) is 0 Å². The maximum Gasteiger partial charge on any atom is 0.119 e. The van der Waals surface area contributed by atoms with Gasteiger partial charge in [0.25, 0.3) is 0 Å². The number of benzene rings is 3. The van der Waals surface area contributed by atoms with Crippen molar-refractivity contribution in [1.29, 1.82) is 0 Å². The molecule has 0 saturated heterocycles. The van der Waals surface area contributed by atoms with E-state index in [1.54, 1.807) is 36.4 Å². The Hall–Kier alpha value is -2.16. The Bertz CT molecular complexity index is 890. The molecule has 0 saturated carbocycles. The number of halogens is 2. The number of rotatable bonds is 4. The molecule has 0 bridgehead atoms. The molecule has 0 unspecified atom stereocenters. The Morgan fingerprint density at radius 1 is 0.615 bits per heavy atom. The van der Waals surface area contributed by atoms with E-state index in [0.717, 1.165) is 33.4 Å². The number of hydrogen-bond acceptors (Lipinski definition) is 2. The average molecular weight is 387 g/mol. The molecule has 0 aliphatic heterocycles. The van der Waals surface area contributed by atoms with E-state index in [1.807, 2.05) is 0 Å². The highest BCUT2D eigenvalue weighted by Crippen LogP contribution is 2.29. The minimum absolute atomic E-state index is 0.239. The standard InChI is InChI=1S/C22H20Cl2O2/c1-13-7-14(2)16(10-18-12-20(24)4-6-22(18)26)8-15(13)9-17-11-19(23)3-5-21(17)25/h3-8,11-12,25-26H,9-10H2,1-2H3. The third-order valence-corrected chi connectivity index (χ3v) is 5.11. The highest BCUT2D eigenvalue weighted by Gasteiger charge is 2.11. The fourth-order valence-electron chi connectivity index (χ4n) is 3.13. The van der Waals surface area contributed by atoms with Gasteiger partial charge in [0, 0.05) is 22.9 Å². The summed E-state index contributed by atoms with van der Waals surface area (Å²) in [7, 11) is 0. The van der Waals surface area contributed by atoms with Crippen LogP contribution in [0.5, 0.6) is 11.5 Å². The van der Waals surface area contributed by atoms with E-state index in [1.165, 1.54) is 0 Å². The second-order valence-corrected chi connectivity index (χ2v) is 7.48. The summed E-state index contributed by atoms with van der Waals surface area (Å²) in [5, 5.41) is 21.4. The lowest BCUT2D eigenvalue weighted by Crippen LogP contribution is -1.99. The largest absolute Gasteiger partial charge is 0.508 e. The van der Waals surface area contributed by atoms with Crippen LogP contribution in [0.4, 0.5) is 0 Å². The SMILES string of the molecule is Cc1cc(C)c(Cc2cc(Cl)ccc2O)cc1Cc1cc(Cl)ccc1O. The molecule has 0 spiro atoms. The van der Waals surface area contributed by atoms with Crippen molar-refractivity contribution < 1.29 is 10.2 Å². The van der Waals surface area contributed by atoms with Gasteiger partial charge in [-0.05, 0) is 83.6 Å². The van der Waals surface area contributed by atoms with E-state index < -0.39 is 0 Å². The molecule has 0 amide bonds. The van der Waals surface area contributed by atoms with Crippen LogP contribution < -0.4 is 0 Å². The molecule has 3 rings (SSSR count). The summed E-state index contributed by atoms with van der Waals surface area (Å²) in [6, 6.07) is 14.4. The summed E-state index contributed by atoms with van der Waals surface area (Å²) in [6.07, 6.45) is 1.18. The third-order valence-electron chi connectivity index (χ3n) is 4.64. The van der Waals surface area contributed by atoms with Gasteiger partial charge in [-0.25, -0.2) is 0 Å². The van der Waals surface area contributed by atoms with Crippen LogP contribution >= 0.6 is 23.2 Å². The Kier molecular flexibility index (Phi) is 5.45. The number of hydrogen-bond donors (Lipinski definition) is 2. The van der Waals surface area contributed by atoms with Crippen LogP contribution in [0.15, 0.2) is 48.5 Å². The first-order valence-electron chi connectivity index (χ1n) is 8.37. The predicted octanol–water partition coefficient (Wildman–Crippen LogP) is 6.20. The number of phenolic OH excluding ortho intramolecular Hbond substituents is 2. The van der Waals surface area contributed by atoms with Crippen molar-refractivity contribution in [2.24, 2.45) is 0 Å². The van der Waals surface area contributed by atoms with E-state index in [2.05, 4.69) is 26.0 Å². The van der Waals surface area contributed by atoms with Gasteiger partial charge < -0.3 is 10.2 Å². The van der Waals surface area contributed by atoms with Crippen molar-refractivity contribution in [2.75, 3.05) is 0 Å². The van der Waals surface area contributed by atoms with Gasteiger partial charge >= 0.3 is 0 Å². The molecule has 0 heterocycles. The molecule has 2 N–H and O–H groups in total. The number of phenols is 2. The van der Waals surface area contributed by atoms with Crippen LogP contribution in [0.1, 0.15) is 33.4 Å². The van der Waals surface area contributed by atoms with Gasteiger partial charge in [-0.3, -0.25) is 0 Å². The van der Waals surface area contributed by atoms with Crippen molar-refractivity contribution in [1.82, 2.24) is 0 Å². The maximum absolute atomic E-state index is 10.1. The third kappa shape index (κ3) is 4.14. The van der Waals surface area contributed by atoms with Crippen LogP contribution in [0.3, 0.4) is 0 Å². The number of aryl methyl sites for hydroxylation is 2. The normalized spacial score (nSPS) is 10.9. The molecule has 2 nitrogen and oxygen atoms in total. The van der Waals surface area contributed by atoms with Gasteiger partial charge in [0.05, 0.1) is 0 Å². The minimum Gasteiger partial charge on any atom is -0.508 e. The van der Waals surface area contributed by atoms with Crippen LogP contribution in [0.2, 0.25) is 10.0 Å². The summed E-state index contributed by atoms with van der Waals surface area (Å²) < 4.78 is 0. The van der Waals surface area contributed by atoms with E-state index in [9.17, 15) is 10.2 Å². The van der Waals surface area contributed by atoms with Gasteiger partial charge in [-0.2, -0.15) is 0 Å². The lowest BCUT2D eigenvalue weighted by Gasteiger charge is -2.14. The lowest BCUT2D eigenvalue weighted by atomic mass is 9.92. The van der Waals surface area contributed by atoms with Crippen LogP contribution in [-0.4, -0.2) is 10.2 Å². The lowest BCUT2D eigenvalue weighted by molar-refractivity contribution is 0.469. The Morgan fingerprint density at radius 3 is 1.46 bits per heavy atom. The van der Waals surface area contributed by atoms with E-state index in [-0.39, 0.29) is 11.5 Å². The first kappa shape index (κ1) is 18.6. The van der Waals surface area contributed by atoms with Crippen LogP contribution in [0.25, 0.3) is 0 Å². The van der Waals surface area contributed by atoms with Crippen molar-refractivity contribution in [3.05, 3.63) is 92.0 Å². The first-order valence-corrected chi connectivity index (χ1v) is 9.13. The molecule has 0 aliphatic carbocycles. The fourth-order valence-corrected chi connectivity index (χ4v) is 3.52. The molecular formula is C22H20Cl2O2. The zero-order valence-corrected chi connectivity index (χ0v) is 16.2. The van der Waals surface area contributed by atoms with Crippen LogP contribution in [-0.2, 0) is 12.8 Å². The average Bonchev–Trinajstić information content (AvgIpc) is 2.58. The molecule has 0 radical (unpaired) electrons. The molecule has 3 aromatic carbocycles. The van der Waals surface area contributed by atoms with E-state index >= 15 is 0 Å². The molecule has 3 aromatic rings. The summed E-state index contributed by atoms with van der Waals surface area (Å²) >= 11 is 12.1. The van der Waals surface area contributed by atoms with Crippen molar-refractivity contribution in [3.63, 3.8) is 0 Å². The zero-order chi connectivity index (χ0) is 18.8. The quantitative estimate of drug-likeness (QED) is 0.559. The number of aromatic hydroxyl groups is 2. The van der Waals surface area contributed by atoms with Crippen molar-refractivity contribution in [3.8, 4) is 11.5 Å². The Balaban J connectivity index is 1.96. The highest BCUT2D eigenvalue weighted by molar-refractivity contribution is 6.31. The van der Waals surface area contributed by atoms with Gasteiger partial charge in [-0.15, -0.1) is 0 Å². The molecule has 0 aromatic heterocycles. The van der Waals surface area contributed by atoms with Gasteiger partial charge in [-0.1, -0.05) is 35.3 Å². The summed E-state index contributed by atoms with van der Waals surface area (Å²) in [4.78, 5) is 0. The fraction of sp³-hybridized carbons (Fsp3) is 0.182. The van der Waals surface area contributed by atoms with Gasteiger partial charge in [0.1, 0.15) is 11.5 Å². The molecule has 4 heteroatoms. The topological polar surface area (TPSA) is 40.5 Å². The molecular weight excluding hydrogens is 367 g/mol. The first-order chi connectivity index (χ1) is 12.3.